The number of aliphatic hydroxyl groups excluding tert-OH is 2. The highest BCUT2D eigenvalue weighted by molar-refractivity contribution is 5.33. The Morgan fingerprint density at radius 1 is 1.28 bits per heavy atom. The van der Waals surface area contributed by atoms with Crippen LogP contribution >= 0.6 is 0 Å². The van der Waals surface area contributed by atoms with Gasteiger partial charge in [-0.15, -0.1) is 0 Å². The van der Waals surface area contributed by atoms with E-state index in [0.29, 0.717) is 11.3 Å². The molecule has 0 aliphatic heterocycles. The maximum absolute atomic E-state index is 12.9. The molecule has 0 spiro atoms. The molecule has 1 atom stereocenters. The van der Waals surface area contributed by atoms with Crippen LogP contribution in [0.3, 0.4) is 0 Å². The number of halogens is 1. The maximum atomic E-state index is 12.9. The van der Waals surface area contributed by atoms with E-state index >= 15 is 0 Å². The summed E-state index contributed by atoms with van der Waals surface area (Å²) in [6.45, 7) is 3.64. The quantitative estimate of drug-likeness (QED) is 0.778. The molecule has 0 radical (unpaired) electrons. The van der Waals surface area contributed by atoms with E-state index in [2.05, 4.69) is 0 Å². The Balaban J connectivity index is 2.47. The highest BCUT2D eigenvalue weighted by Crippen LogP contribution is 2.19. The Hall–Kier alpha value is -1.17. The summed E-state index contributed by atoms with van der Waals surface area (Å²) in [4.78, 5) is 0. The monoisotopic (exact) mass is 258 g/mol. The number of hydrogen-bond acceptors (Lipinski definition) is 4. The average molecular weight is 258 g/mol. The molecule has 2 N–H and O–H groups in total. The molecule has 102 valence electrons. The minimum absolute atomic E-state index is 0.0331. The molecule has 18 heavy (non-hydrogen) atoms. The highest BCUT2D eigenvalue weighted by Gasteiger charge is 2.09. The number of ether oxygens (including phenoxy) is 2. The fourth-order valence-corrected chi connectivity index (χ4v) is 1.35. The van der Waals surface area contributed by atoms with Crippen molar-refractivity contribution >= 4 is 0 Å². The second-order valence-corrected chi connectivity index (χ2v) is 4.26. The molecule has 0 aliphatic rings. The van der Waals surface area contributed by atoms with Gasteiger partial charge in [0.25, 0.3) is 0 Å². The van der Waals surface area contributed by atoms with Crippen molar-refractivity contribution in [1.82, 2.24) is 0 Å². The summed E-state index contributed by atoms with van der Waals surface area (Å²) in [6.07, 6.45) is -0.720. The highest BCUT2D eigenvalue weighted by atomic mass is 19.1. The summed E-state index contributed by atoms with van der Waals surface area (Å²) >= 11 is 0. The van der Waals surface area contributed by atoms with Gasteiger partial charge in [-0.2, -0.15) is 0 Å². The van der Waals surface area contributed by atoms with E-state index in [1.807, 2.05) is 13.8 Å². The lowest BCUT2D eigenvalue weighted by molar-refractivity contribution is -0.0125. The van der Waals surface area contributed by atoms with E-state index in [1.165, 1.54) is 18.2 Å². The molecule has 1 aromatic rings. The zero-order valence-corrected chi connectivity index (χ0v) is 10.6. The van der Waals surface area contributed by atoms with Crippen molar-refractivity contribution in [1.29, 1.82) is 0 Å². The van der Waals surface area contributed by atoms with Crippen molar-refractivity contribution in [2.24, 2.45) is 0 Å². The first kappa shape index (κ1) is 14.9. The van der Waals surface area contributed by atoms with Gasteiger partial charge in [-0.1, -0.05) is 0 Å². The van der Waals surface area contributed by atoms with Crippen molar-refractivity contribution in [3.8, 4) is 5.75 Å². The van der Waals surface area contributed by atoms with Gasteiger partial charge < -0.3 is 19.7 Å². The third kappa shape index (κ3) is 5.00. The number of benzene rings is 1. The van der Waals surface area contributed by atoms with Gasteiger partial charge in [0, 0.05) is 5.56 Å². The van der Waals surface area contributed by atoms with Gasteiger partial charge in [-0.05, 0) is 32.0 Å². The van der Waals surface area contributed by atoms with E-state index in [9.17, 15) is 9.50 Å². The van der Waals surface area contributed by atoms with E-state index < -0.39 is 11.9 Å². The molecule has 1 aromatic carbocycles. The molecule has 0 aliphatic carbocycles. The molecular formula is C13H19FO4. The molecule has 0 amide bonds. The average Bonchev–Trinajstić information content (AvgIpc) is 2.34. The van der Waals surface area contributed by atoms with Crippen LogP contribution in [-0.2, 0) is 11.3 Å². The smallest absolute Gasteiger partial charge is 0.125 e. The first-order valence-electron chi connectivity index (χ1n) is 5.84. The lowest BCUT2D eigenvalue weighted by Gasteiger charge is -2.15. The SMILES string of the molecule is CC(C)OCC(O)COc1ccc(F)cc1CO. The topological polar surface area (TPSA) is 58.9 Å². The fraction of sp³-hybridized carbons (Fsp3) is 0.538. The molecule has 1 rings (SSSR count). The normalized spacial score (nSPS) is 12.8. The predicted molar refractivity (Wildman–Crippen MR) is 64.9 cm³/mol. The molecule has 0 bridgehead atoms. The van der Waals surface area contributed by atoms with Crippen LogP contribution in [0, 0.1) is 5.82 Å². The number of rotatable bonds is 7. The summed E-state index contributed by atoms with van der Waals surface area (Å²) in [5.74, 6) is -0.0717. The van der Waals surface area contributed by atoms with Crippen molar-refractivity contribution in [2.45, 2.75) is 32.7 Å². The van der Waals surface area contributed by atoms with Crippen molar-refractivity contribution in [3.05, 3.63) is 29.6 Å². The Morgan fingerprint density at radius 3 is 2.61 bits per heavy atom. The first-order chi connectivity index (χ1) is 8.52. The Bertz CT molecular complexity index is 368. The largest absolute Gasteiger partial charge is 0.490 e. The Kier molecular flexibility index (Phi) is 6.04. The summed E-state index contributed by atoms with van der Waals surface area (Å²) in [5.41, 5.74) is 0.354. The minimum Gasteiger partial charge on any atom is -0.490 e. The standard InChI is InChI=1S/C13H19FO4/c1-9(2)17-7-12(16)8-18-13-4-3-11(14)5-10(13)6-15/h3-5,9,12,15-16H,6-8H2,1-2H3. The molecule has 0 fully saturated rings. The number of hydrogen-bond donors (Lipinski definition) is 2. The molecule has 0 aromatic heterocycles. The van der Waals surface area contributed by atoms with Crippen LogP contribution < -0.4 is 4.74 Å². The van der Waals surface area contributed by atoms with Crippen molar-refractivity contribution in [2.75, 3.05) is 13.2 Å². The van der Waals surface area contributed by atoms with Gasteiger partial charge in [0.15, 0.2) is 0 Å². The summed E-state index contributed by atoms with van der Waals surface area (Å²) in [5, 5.41) is 18.6. The summed E-state index contributed by atoms with van der Waals surface area (Å²) < 4.78 is 23.5. The van der Waals surface area contributed by atoms with Crippen LogP contribution in [0.25, 0.3) is 0 Å². The van der Waals surface area contributed by atoms with Crippen LogP contribution in [0.1, 0.15) is 19.4 Å². The first-order valence-corrected chi connectivity index (χ1v) is 5.84. The summed E-state index contributed by atoms with van der Waals surface area (Å²) in [6, 6.07) is 3.87. The Labute approximate surface area is 106 Å². The van der Waals surface area contributed by atoms with E-state index in [0.717, 1.165) is 0 Å². The molecule has 0 saturated carbocycles. The van der Waals surface area contributed by atoms with E-state index in [4.69, 9.17) is 14.6 Å². The second-order valence-electron chi connectivity index (χ2n) is 4.26. The number of aliphatic hydroxyl groups is 2. The van der Waals surface area contributed by atoms with Gasteiger partial charge in [0.1, 0.15) is 24.3 Å². The van der Waals surface area contributed by atoms with Crippen LogP contribution in [0.4, 0.5) is 4.39 Å². The Morgan fingerprint density at radius 2 is 2.00 bits per heavy atom. The second kappa shape index (κ2) is 7.31. The molecule has 5 heteroatoms. The third-order valence-corrected chi connectivity index (χ3v) is 2.25. The van der Waals surface area contributed by atoms with Crippen LogP contribution in [-0.4, -0.2) is 35.6 Å². The lowest BCUT2D eigenvalue weighted by atomic mass is 10.2. The maximum Gasteiger partial charge on any atom is 0.125 e. The van der Waals surface area contributed by atoms with Gasteiger partial charge in [0.05, 0.1) is 19.3 Å². The van der Waals surface area contributed by atoms with Gasteiger partial charge in [-0.25, -0.2) is 4.39 Å². The van der Waals surface area contributed by atoms with Gasteiger partial charge in [0.2, 0.25) is 0 Å². The van der Waals surface area contributed by atoms with E-state index in [-0.39, 0.29) is 25.9 Å². The molecule has 0 saturated heterocycles. The van der Waals surface area contributed by atoms with Crippen LogP contribution in [0.2, 0.25) is 0 Å². The third-order valence-electron chi connectivity index (χ3n) is 2.25. The zero-order chi connectivity index (χ0) is 13.5. The minimum atomic E-state index is -0.760. The van der Waals surface area contributed by atoms with Crippen LogP contribution in [0.15, 0.2) is 18.2 Å². The van der Waals surface area contributed by atoms with Gasteiger partial charge in [-0.3, -0.25) is 0 Å². The van der Waals surface area contributed by atoms with Crippen molar-refractivity contribution in [3.63, 3.8) is 0 Å². The molecule has 1 unspecified atom stereocenters. The fourth-order valence-electron chi connectivity index (χ4n) is 1.35. The zero-order valence-electron chi connectivity index (χ0n) is 10.6. The lowest BCUT2D eigenvalue weighted by Crippen LogP contribution is -2.25. The van der Waals surface area contributed by atoms with Crippen LogP contribution in [0.5, 0.6) is 5.75 Å². The van der Waals surface area contributed by atoms with Gasteiger partial charge >= 0.3 is 0 Å². The molecular weight excluding hydrogens is 239 g/mol. The van der Waals surface area contributed by atoms with Crippen molar-refractivity contribution < 1.29 is 24.1 Å². The van der Waals surface area contributed by atoms with E-state index in [1.54, 1.807) is 0 Å². The molecule has 4 nitrogen and oxygen atoms in total. The predicted octanol–water partition coefficient (Wildman–Crippen LogP) is 1.48. The molecule has 0 heterocycles. The summed E-state index contributed by atoms with van der Waals surface area (Å²) in [7, 11) is 0.